The number of carboxylic acids is 2. The Balaban J connectivity index is 2.96. The lowest BCUT2D eigenvalue weighted by Crippen LogP contribution is -2.35. The lowest BCUT2D eigenvalue weighted by atomic mass is 9.74. The number of carboxylic acid groups (broad SMARTS) is 2. The molecule has 0 aromatic rings. The molecule has 106 valence electrons. The molecule has 1 aliphatic heterocycles. The Bertz CT molecular complexity index is 428. The third-order valence-corrected chi connectivity index (χ3v) is 3.46. The smallest absolute Gasteiger partial charge is 0.317 e. The predicted molar refractivity (Wildman–Crippen MR) is 61.0 cm³/mol. The Hall–Kier alpha value is -1.92. The van der Waals surface area contributed by atoms with Crippen LogP contribution in [0.4, 0.5) is 0 Å². The van der Waals surface area contributed by atoms with E-state index in [1.165, 1.54) is 6.92 Å². The molecule has 0 aromatic heterocycles. The summed E-state index contributed by atoms with van der Waals surface area (Å²) in [6.45, 7) is 2.94. The minimum Gasteiger partial charge on any atom is -0.481 e. The minimum absolute atomic E-state index is 0.224. The van der Waals surface area contributed by atoms with E-state index in [9.17, 15) is 19.2 Å². The Kier molecular flexibility index (Phi) is 4.28. The fourth-order valence-electron chi connectivity index (χ4n) is 2.31. The molecular formula is C12H16O7. The molecule has 0 radical (unpaired) electrons. The summed E-state index contributed by atoms with van der Waals surface area (Å²) in [6, 6.07) is 0. The van der Waals surface area contributed by atoms with Crippen LogP contribution in [0, 0.1) is 17.3 Å². The molecule has 0 aromatic carbocycles. The molecule has 0 saturated carbocycles. The third kappa shape index (κ3) is 3.10. The first kappa shape index (κ1) is 15.1. The van der Waals surface area contributed by atoms with Crippen molar-refractivity contribution in [2.24, 2.45) is 17.3 Å². The first-order chi connectivity index (χ1) is 8.71. The van der Waals surface area contributed by atoms with Crippen LogP contribution in [-0.2, 0) is 23.9 Å². The number of esters is 2. The number of hydrogen-bond donors (Lipinski definition) is 2. The molecule has 7 nitrogen and oxygen atoms in total. The van der Waals surface area contributed by atoms with Gasteiger partial charge in [0.1, 0.15) is 0 Å². The van der Waals surface area contributed by atoms with Gasteiger partial charge in [-0.15, -0.1) is 0 Å². The van der Waals surface area contributed by atoms with E-state index in [0.29, 0.717) is 6.42 Å². The van der Waals surface area contributed by atoms with Crippen molar-refractivity contribution >= 4 is 23.9 Å². The normalized spacial score (nSPS) is 25.8. The molecule has 3 unspecified atom stereocenters. The molecule has 0 amide bonds. The third-order valence-electron chi connectivity index (χ3n) is 3.46. The highest BCUT2D eigenvalue weighted by atomic mass is 16.6. The number of hydrogen-bond acceptors (Lipinski definition) is 5. The lowest BCUT2D eigenvalue weighted by Gasteiger charge is -2.26. The number of carbonyl (C=O) groups is 4. The Labute approximate surface area is 109 Å². The van der Waals surface area contributed by atoms with Crippen molar-refractivity contribution < 1.29 is 34.1 Å². The zero-order valence-electron chi connectivity index (χ0n) is 10.7. The molecule has 1 fully saturated rings. The van der Waals surface area contributed by atoms with Crippen molar-refractivity contribution in [2.45, 2.75) is 33.1 Å². The largest absolute Gasteiger partial charge is 0.481 e. The fraction of sp³-hybridized carbons (Fsp3) is 0.667. The SMILES string of the molecule is CCC1C(=O)OC(=O)C1CC(C)(CC(=O)O)C(=O)O. The fourth-order valence-corrected chi connectivity index (χ4v) is 2.31. The van der Waals surface area contributed by atoms with Crippen molar-refractivity contribution in [3.63, 3.8) is 0 Å². The first-order valence-electron chi connectivity index (χ1n) is 5.92. The van der Waals surface area contributed by atoms with E-state index in [1.54, 1.807) is 6.92 Å². The van der Waals surface area contributed by atoms with Crippen LogP contribution in [0.1, 0.15) is 33.1 Å². The highest BCUT2D eigenvalue weighted by molar-refractivity contribution is 5.96. The van der Waals surface area contributed by atoms with Crippen LogP contribution in [0.2, 0.25) is 0 Å². The monoisotopic (exact) mass is 272 g/mol. The van der Waals surface area contributed by atoms with Crippen LogP contribution in [0.5, 0.6) is 0 Å². The Morgan fingerprint density at radius 3 is 2.16 bits per heavy atom. The highest BCUT2D eigenvalue weighted by Gasteiger charge is 2.49. The second-order valence-electron chi connectivity index (χ2n) is 5.00. The van der Waals surface area contributed by atoms with Gasteiger partial charge in [0.25, 0.3) is 0 Å². The van der Waals surface area contributed by atoms with E-state index in [-0.39, 0.29) is 6.42 Å². The van der Waals surface area contributed by atoms with E-state index in [1.807, 2.05) is 0 Å². The second kappa shape index (κ2) is 5.38. The van der Waals surface area contributed by atoms with Crippen molar-refractivity contribution in [3.8, 4) is 0 Å². The number of rotatable bonds is 6. The van der Waals surface area contributed by atoms with Gasteiger partial charge in [-0.1, -0.05) is 6.92 Å². The van der Waals surface area contributed by atoms with Gasteiger partial charge in [0.05, 0.1) is 23.7 Å². The molecule has 1 heterocycles. The summed E-state index contributed by atoms with van der Waals surface area (Å²) in [5.41, 5.74) is -1.60. The predicted octanol–water partition coefficient (Wildman–Crippen LogP) is 0.668. The molecule has 3 atom stereocenters. The molecule has 0 aliphatic carbocycles. The first-order valence-corrected chi connectivity index (χ1v) is 5.92. The van der Waals surface area contributed by atoms with Gasteiger partial charge in [0, 0.05) is 0 Å². The van der Waals surface area contributed by atoms with Crippen LogP contribution in [0.3, 0.4) is 0 Å². The van der Waals surface area contributed by atoms with Crippen LogP contribution in [0.25, 0.3) is 0 Å². The summed E-state index contributed by atoms with van der Waals surface area (Å²) in [5.74, 6) is -5.60. The van der Waals surface area contributed by atoms with Gasteiger partial charge >= 0.3 is 23.9 Å². The molecule has 7 heteroatoms. The van der Waals surface area contributed by atoms with Gasteiger partial charge in [-0.2, -0.15) is 0 Å². The van der Waals surface area contributed by atoms with Gasteiger partial charge in [0.15, 0.2) is 0 Å². The molecule has 0 bridgehead atoms. The summed E-state index contributed by atoms with van der Waals surface area (Å²) < 4.78 is 4.49. The van der Waals surface area contributed by atoms with E-state index in [4.69, 9.17) is 10.2 Å². The van der Waals surface area contributed by atoms with Crippen LogP contribution in [-0.4, -0.2) is 34.1 Å². The second-order valence-corrected chi connectivity index (χ2v) is 5.00. The van der Waals surface area contributed by atoms with Crippen LogP contribution >= 0.6 is 0 Å². The zero-order valence-corrected chi connectivity index (χ0v) is 10.7. The Morgan fingerprint density at radius 1 is 1.21 bits per heavy atom. The van der Waals surface area contributed by atoms with Gasteiger partial charge < -0.3 is 14.9 Å². The molecule has 1 aliphatic rings. The molecular weight excluding hydrogens is 256 g/mol. The summed E-state index contributed by atoms with van der Waals surface area (Å²) in [6.07, 6.45) is -0.494. The average Bonchev–Trinajstić information content (AvgIpc) is 2.52. The topological polar surface area (TPSA) is 118 Å². The number of aliphatic carboxylic acids is 2. The van der Waals surface area contributed by atoms with E-state index in [2.05, 4.69) is 4.74 Å². The van der Waals surface area contributed by atoms with Gasteiger partial charge in [-0.05, 0) is 19.8 Å². The molecule has 19 heavy (non-hydrogen) atoms. The maximum atomic E-state index is 11.6. The molecule has 1 rings (SSSR count). The molecule has 2 N–H and O–H groups in total. The maximum Gasteiger partial charge on any atom is 0.317 e. The highest BCUT2D eigenvalue weighted by Crippen LogP contribution is 2.38. The van der Waals surface area contributed by atoms with E-state index < -0.39 is 47.5 Å². The van der Waals surface area contributed by atoms with Crippen LogP contribution in [0.15, 0.2) is 0 Å². The molecule has 0 spiro atoms. The van der Waals surface area contributed by atoms with Gasteiger partial charge in [0.2, 0.25) is 0 Å². The van der Waals surface area contributed by atoms with Crippen LogP contribution < -0.4 is 0 Å². The summed E-state index contributed by atoms with van der Waals surface area (Å²) in [4.78, 5) is 44.9. The number of cyclic esters (lactones) is 2. The summed E-state index contributed by atoms with van der Waals surface area (Å²) >= 11 is 0. The lowest BCUT2D eigenvalue weighted by molar-refractivity contribution is -0.157. The number of ether oxygens (including phenoxy) is 1. The summed E-state index contributed by atoms with van der Waals surface area (Å²) in [7, 11) is 0. The Morgan fingerprint density at radius 2 is 1.74 bits per heavy atom. The quantitative estimate of drug-likeness (QED) is 0.538. The van der Waals surface area contributed by atoms with Gasteiger partial charge in [-0.25, -0.2) is 0 Å². The van der Waals surface area contributed by atoms with Gasteiger partial charge in [-0.3, -0.25) is 19.2 Å². The summed E-state index contributed by atoms with van der Waals surface area (Å²) in [5, 5.41) is 17.9. The number of carbonyl (C=O) groups excluding carboxylic acids is 2. The van der Waals surface area contributed by atoms with Crippen molar-refractivity contribution in [1.29, 1.82) is 0 Å². The van der Waals surface area contributed by atoms with E-state index >= 15 is 0 Å². The average molecular weight is 272 g/mol. The van der Waals surface area contributed by atoms with Crippen molar-refractivity contribution in [1.82, 2.24) is 0 Å². The van der Waals surface area contributed by atoms with Crippen molar-refractivity contribution in [3.05, 3.63) is 0 Å². The standard InChI is InChI=1S/C12H16O7/c1-3-6-7(10(16)19-9(6)15)4-12(2,11(17)18)5-8(13)14/h6-7H,3-5H2,1-2H3,(H,13,14)(H,17,18). The molecule has 1 saturated heterocycles. The minimum atomic E-state index is -1.60. The van der Waals surface area contributed by atoms with E-state index in [0.717, 1.165) is 0 Å². The maximum absolute atomic E-state index is 11.6. The van der Waals surface area contributed by atoms with Crippen molar-refractivity contribution in [2.75, 3.05) is 0 Å². The zero-order chi connectivity index (χ0) is 14.8.